The summed E-state index contributed by atoms with van der Waals surface area (Å²) in [6, 6.07) is 61.2. The summed E-state index contributed by atoms with van der Waals surface area (Å²) in [5, 5.41) is 6.94. The molecular formula is C47H29N3O. The van der Waals surface area contributed by atoms with Crippen molar-refractivity contribution in [2.24, 2.45) is 0 Å². The second kappa shape index (κ2) is 11.9. The van der Waals surface area contributed by atoms with Crippen molar-refractivity contribution in [3.8, 4) is 56.4 Å². The Morgan fingerprint density at radius 2 is 0.882 bits per heavy atom. The standard InChI is InChI=1S/C47H29N3O/c1-2-12-31(13-3-1)45-48-46(50-47(49-45)41-20-10-22-43-44(41)40-18-6-7-21-42(40)51-43)37-16-8-15-32(29-37)33-23-24-35-28-36(26-25-34(35)27-33)39-19-9-14-30-11-4-5-17-38(30)39/h1-29H. The van der Waals surface area contributed by atoms with Gasteiger partial charge in [0.05, 0.1) is 0 Å². The molecule has 4 nitrogen and oxygen atoms in total. The van der Waals surface area contributed by atoms with E-state index in [1.54, 1.807) is 0 Å². The third kappa shape index (κ3) is 5.13. The van der Waals surface area contributed by atoms with Crippen LogP contribution in [0, 0.1) is 0 Å². The van der Waals surface area contributed by atoms with Crippen LogP contribution in [0.4, 0.5) is 0 Å². The molecule has 51 heavy (non-hydrogen) atoms. The fourth-order valence-corrected chi connectivity index (χ4v) is 7.21. The van der Waals surface area contributed by atoms with Crippen LogP contribution in [0.3, 0.4) is 0 Å². The summed E-state index contributed by atoms with van der Waals surface area (Å²) in [5.74, 6) is 1.85. The Labute approximate surface area is 294 Å². The molecule has 0 radical (unpaired) electrons. The molecule has 0 fully saturated rings. The summed E-state index contributed by atoms with van der Waals surface area (Å²) in [7, 11) is 0. The highest BCUT2D eigenvalue weighted by atomic mass is 16.3. The van der Waals surface area contributed by atoms with E-state index in [0.717, 1.165) is 49.8 Å². The van der Waals surface area contributed by atoms with Gasteiger partial charge >= 0.3 is 0 Å². The SMILES string of the molecule is c1ccc(-c2nc(-c3cccc(-c4ccc5cc(-c6cccc7ccccc67)ccc5c4)c3)nc(-c3cccc4oc5ccccc5c34)n2)cc1. The van der Waals surface area contributed by atoms with Gasteiger partial charge < -0.3 is 4.42 Å². The minimum Gasteiger partial charge on any atom is -0.456 e. The Kier molecular flexibility index (Phi) is 6.78. The lowest BCUT2D eigenvalue weighted by molar-refractivity contribution is 0.669. The first-order chi connectivity index (χ1) is 25.2. The third-order valence-corrected chi connectivity index (χ3v) is 9.71. The lowest BCUT2D eigenvalue weighted by Crippen LogP contribution is -2.00. The monoisotopic (exact) mass is 651 g/mol. The molecule has 0 atom stereocenters. The van der Waals surface area contributed by atoms with Gasteiger partial charge in [0.25, 0.3) is 0 Å². The first-order valence-electron chi connectivity index (χ1n) is 17.1. The lowest BCUT2D eigenvalue weighted by atomic mass is 9.94. The molecule has 0 bridgehead atoms. The van der Waals surface area contributed by atoms with Crippen molar-refractivity contribution in [2.75, 3.05) is 0 Å². The number of hydrogen-bond donors (Lipinski definition) is 0. The van der Waals surface area contributed by atoms with Gasteiger partial charge in [0.1, 0.15) is 11.2 Å². The maximum absolute atomic E-state index is 6.21. The number of benzene rings is 8. The molecule has 4 heteroatoms. The van der Waals surface area contributed by atoms with E-state index in [2.05, 4.69) is 115 Å². The molecule has 0 amide bonds. The topological polar surface area (TPSA) is 51.8 Å². The Morgan fingerprint density at radius 3 is 1.76 bits per heavy atom. The molecule has 8 aromatic carbocycles. The molecule has 0 aliphatic carbocycles. The van der Waals surface area contributed by atoms with E-state index in [4.69, 9.17) is 19.4 Å². The Hall–Kier alpha value is -6.91. The first kappa shape index (κ1) is 29.0. The summed E-state index contributed by atoms with van der Waals surface area (Å²) in [4.78, 5) is 15.2. The number of aromatic nitrogens is 3. The van der Waals surface area contributed by atoms with E-state index < -0.39 is 0 Å². The quantitative estimate of drug-likeness (QED) is 0.186. The van der Waals surface area contributed by atoms with Crippen LogP contribution < -0.4 is 0 Å². The van der Waals surface area contributed by atoms with Crippen LogP contribution in [-0.4, -0.2) is 15.0 Å². The van der Waals surface area contributed by atoms with Gasteiger partial charge in [-0.1, -0.05) is 146 Å². The van der Waals surface area contributed by atoms with Crippen LogP contribution in [-0.2, 0) is 0 Å². The van der Waals surface area contributed by atoms with E-state index in [0.29, 0.717) is 17.5 Å². The number of para-hydroxylation sites is 1. The average Bonchev–Trinajstić information content (AvgIpc) is 3.59. The van der Waals surface area contributed by atoms with Crippen LogP contribution in [0.15, 0.2) is 180 Å². The van der Waals surface area contributed by atoms with Crippen molar-refractivity contribution >= 4 is 43.5 Å². The molecule has 0 unspecified atom stereocenters. The molecule has 2 heterocycles. The number of hydrogen-bond acceptors (Lipinski definition) is 4. The third-order valence-electron chi connectivity index (χ3n) is 9.71. The predicted molar refractivity (Wildman–Crippen MR) is 209 cm³/mol. The highest BCUT2D eigenvalue weighted by Crippen LogP contribution is 2.37. The Morgan fingerprint density at radius 1 is 0.314 bits per heavy atom. The van der Waals surface area contributed by atoms with Crippen LogP contribution in [0.25, 0.3) is 99.9 Å². The number of furan rings is 1. The van der Waals surface area contributed by atoms with Crippen LogP contribution in [0.2, 0.25) is 0 Å². The van der Waals surface area contributed by atoms with Gasteiger partial charge in [-0.2, -0.15) is 0 Å². The molecule has 0 aliphatic heterocycles. The Balaban J connectivity index is 1.07. The second-order valence-electron chi connectivity index (χ2n) is 12.8. The van der Waals surface area contributed by atoms with Gasteiger partial charge in [-0.25, -0.2) is 15.0 Å². The molecule has 10 aromatic rings. The van der Waals surface area contributed by atoms with Gasteiger partial charge in [-0.05, 0) is 74.1 Å². The summed E-state index contributed by atoms with van der Waals surface area (Å²) >= 11 is 0. The largest absolute Gasteiger partial charge is 0.456 e. The predicted octanol–water partition coefficient (Wildman–Crippen LogP) is 12.4. The highest BCUT2D eigenvalue weighted by molar-refractivity contribution is 6.11. The molecule has 0 saturated carbocycles. The second-order valence-corrected chi connectivity index (χ2v) is 12.8. The van der Waals surface area contributed by atoms with Crippen LogP contribution >= 0.6 is 0 Å². The van der Waals surface area contributed by atoms with E-state index in [1.807, 2.05) is 60.7 Å². The van der Waals surface area contributed by atoms with E-state index in [1.165, 1.54) is 32.7 Å². The zero-order valence-corrected chi connectivity index (χ0v) is 27.5. The van der Waals surface area contributed by atoms with Crippen molar-refractivity contribution < 1.29 is 4.42 Å². The lowest BCUT2D eigenvalue weighted by Gasteiger charge is -2.11. The first-order valence-corrected chi connectivity index (χ1v) is 17.1. The van der Waals surface area contributed by atoms with Gasteiger partial charge in [0, 0.05) is 27.5 Å². The molecule has 0 N–H and O–H groups in total. The zero-order valence-electron chi connectivity index (χ0n) is 27.5. The smallest absolute Gasteiger partial charge is 0.164 e. The molecule has 0 spiro atoms. The number of rotatable bonds is 5. The summed E-state index contributed by atoms with van der Waals surface area (Å²) < 4.78 is 6.21. The van der Waals surface area contributed by atoms with Crippen LogP contribution in [0.5, 0.6) is 0 Å². The van der Waals surface area contributed by atoms with Crippen molar-refractivity contribution in [3.63, 3.8) is 0 Å². The molecule has 10 rings (SSSR count). The number of nitrogens with zero attached hydrogens (tertiary/aromatic N) is 3. The minimum atomic E-state index is 0.606. The van der Waals surface area contributed by atoms with Crippen molar-refractivity contribution in [3.05, 3.63) is 176 Å². The summed E-state index contributed by atoms with van der Waals surface area (Å²) in [6.45, 7) is 0. The summed E-state index contributed by atoms with van der Waals surface area (Å²) in [6.07, 6.45) is 0. The average molecular weight is 652 g/mol. The highest BCUT2D eigenvalue weighted by Gasteiger charge is 2.18. The van der Waals surface area contributed by atoms with Crippen molar-refractivity contribution in [1.82, 2.24) is 15.0 Å². The molecule has 2 aromatic heterocycles. The van der Waals surface area contributed by atoms with Gasteiger partial charge in [-0.3, -0.25) is 0 Å². The van der Waals surface area contributed by atoms with Crippen molar-refractivity contribution in [1.29, 1.82) is 0 Å². The van der Waals surface area contributed by atoms with E-state index in [9.17, 15) is 0 Å². The Bertz CT molecular complexity index is 2920. The fourth-order valence-electron chi connectivity index (χ4n) is 7.21. The molecular weight excluding hydrogens is 623 g/mol. The fraction of sp³-hybridized carbons (Fsp3) is 0. The maximum atomic E-state index is 6.21. The van der Waals surface area contributed by atoms with Gasteiger partial charge in [-0.15, -0.1) is 0 Å². The maximum Gasteiger partial charge on any atom is 0.164 e. The van der Waals surface area contributed by atoms with E-state index >= 15 is 0 Å². The molecule has 238 valence electrons. The van der Waals surface area contributed by atoms with Gasteiger partial charge in [0.2, 0.25) is 0 Å². The normalized spacial score (nSPS) is 11.5. The van der Waals surface area contributed by atoms with Gasteiger partial charge in [0.15, 0.2) is 17.5 Å². The van der Waals surface area contributed by atoms with Crippen molar-refractivity contribution in [2.45, 2.75) is 0 Å². The zero-order chi connectivity index (χ0) is 33.7. The summed E-state index contributed by atoms with van der Waals surface area (Å²) in [5.41, 5.74) is 9.09. The molecule has 0 saturated heterocycles. The van der Waals surface area contributed by atoms with Crippen LogP contribution in [0.1, 0.15) is 0 Å². The minimum absolute atomic E-state index is 0.606. The van der Waals surface area contributed by atoms with E-state index in [-0.39, 0.29) is 0 Å². The molecule has 0 aliphatic rings. The number of fused-ring (bicyclic) bond motifs is 5.